The third kappa shape index (κ3) is 3.24. The van der Waals surface area contributed by atoms with Crippen LogP contribution >= 0.6 is 0 Å². The van der Waals surface area contributed by atoms with Crippen molar-refractivity contribution in [1.29, 1.82) is 0 Å². The minimum atomic E-state index is -1.61. The van der Waals surface area contributed by atoms with Crippen LogP contribution in [-0.4, -0.2) is 60.9 Å². The summed E-state index contributed by atoms with van der Waals surface area (Å²) >= 11 is 0. The molecule has 2 saturated heterocycles. The highest BCUT2D eigenvalue weighted by Gasteiger charge is 2.49. The van der Waals surface area contributed by atoms with Crippen LogP contribution in [0.3, 0.4) is 0 Å². The number of carbonyl (C=O) groups excluding carboxylic acids is 1. The zero-order valence-electron chi connectivity index (χ0n) is 14.6. The number of nitrogens with zero attached hydrogens (tertiary/aromatic N) is 3. The molecule has 3 heterocycles. The van der Waals surface area contributed by atoms with Gasteiger partial charge in [-0.3, -0.25) is 4.79 Å². The Hall–Kier alpha value is -1.69. The molecule has 1 aliphatic carbocycles. The van der Waals surface area contributed by atoms with E-state index in [1.54, 1.807) is 11.1 Å². The number of hydrogen-bond donors (Lipinski definition) is 0. The monoisotopic (exact) mass is 347 g/mol. The molecule has 0 N–H and O–H groups in total. The van der Waals surface area contributed by atoms with Crippen LogP contribution in [0.5, 0.6) is 0 Å². The topological polar surface area (TPSA) is 45.7 Å². The molecule has 5 nitrogen and oxygen atoms in total. The molecule has 3 fully saturated rings. The summed E-state index contributed by atoms with van der Waals surface area (Å²) in [6.45, 7) is 4.11. The van der Waals surface area contributed by atoms with Gasteiger partial charge in [0.1, 0.15) is 5.82 Å². The van der Waals surface area contributed by atoms with Crippen molar-refractivity contribution in [2.24, 2.45) is 5.41 Å². The van der Waals surface area contributed by atoms with Crippen molar-refractivity contribution in [3.8, 4) is 0 Å². The predicted octanol–water partition coefficient (Wildman–Crippen LogP) is 2.42. The van der Waals surface area contributed by atoms with E-state index in [9.17, 15) is 9.18 Å². The molecule has 1 spiro atoms. The molecule has 3 aliphatic rings. The second kappa shape index (κ2) is 6.56. The standard InChI is InChI=1S/C19H26FN3O2/c20-19(7-3-8-19)17(24)23-10-4-6-18(14-23)13-22(11-12-25-15-18)16-5-1-2-9-21-16/h1-2,5,9H,3-4,6-8,10-15H2. The van der Waals surface area contributed by atoms with Crippen LogP contribution in [0, 0.1) is 5.41 Å². The number of likely N-dealkylation sites (tertiary alicyclic amines) is 1. The second-order valence-electron chi connectivity index (χ2n) is 7.81. The number of piperidine rings is 1. The number of aromatic nitrogens is 1. The molecule has 4 rings (SSSR count). The minimum absolute atomic E-state index is 0.137. The van der Waals surface area contributed by atoms with Gasteiger partial charge in [0.25, 0.3) is 5.91 Å². The molecule has 1 aromatic rings. The minimum Gasteiger partial charge on any atom is -0.379 e. The zero-order valence-corrected chi connectivity index (χ0v) is 14.6. The molecular formula is C19H26FN3O2. The molecule has 0 aromatic carbocycles. The molecule has 136 valence electrons. The van der Waals surface area contributed by atoms with Gasteiger partial charge in [0, 0.05) is 37.8 Å². The van der Waals surface area contributed by atoms with E-state index in [-0.39, 0.29) is 11.3 Å². The Morgan fingerprint density at radius 1 is 1.16 bits per heavy atom. The molecular weight excluding hydrogens is 321 g/mol. The van der Waals surface area contributed by atoms with E-state index in [0.29, 0.717) is 39.1 Å². The van der Waals surface area contributed by atoms with Gasteiger partial charge in [0.15, 0.2) is 5.67 Å². The third-order valence-electron chi connectivity index (χ3n) is 5.89. The van der Waals surface area contributed by atoms with Crippen molar-refractivity contribution in [3.63, 3.8) is 0 Å². The highest BCUT2D eigenvalue weighted by molar-refractivity contribution is 5.86. The average molecular weight is 347 g/mol. The lowest BCUT2D eigenvalue weighted by molar-refractivity contribution is -0.154. The van der Waals surface area contributed by atoms with Crippen molar-refractivity contribution in [1.82, 2.24) is 9.88 Å². The molecule has 6 heteroatoms. The lowest BCUT2D eigenvalue weighted by Crippen LogP contribution is -2.57. The molecule has 0 bridgehead atoms. The first-order chi connectivity index (χ1) is 12.1. The van der Waals surface area contributed by atoms with E-state index in [2.05, 4.69) is 9.88 Å². The number of alkyl halides is 1. The SMILES string of the molecule is O=C(N1CCCC2(COCCN(c3ccccn3)C2)C1)C1(F)CCC1. The van der Waals surface area contributed by atoms with Gasteiger partial charge in [0.05, 0.1) is 13.2 Å². The summed E-state index contributed by atoms with van der Waals surface area (Å²) in [5.74, 6) is 0.642. The van der Waals surface area contributed by atoms with E-state index in [1.807, 2.05) is 18.2 Å². The van der Waals surface area contributed by atoms with E-state index in [0.717, 1.165) is 38.2 Å². The second-order valence-corrected chi connectivity index (χ2v) is 7.81. The largest absolute Gasteiger partial charge is 0.379 e. The first-order valence-electron chi connectivity index (χ1n) is 9.32. The lowest BCUT2D eigenvalue weighted by atomic mass is 9.77. The van der Waals surface area contributed by atoms with Crippen LogP contribution in [0.25, 0.3) is 0 Å². The predicted molar refractivity (Wildman–Crippen MR) is 93.2 cm³/mol. The molecule has 1 amide bonds. The van der Waals surface area contributed by atoms with Crippen molar-refractivity contribution in [2.75, 3.05) is 44.3 Å². The van der Waals surface area contributed by atoms with Crippen molar-refractivity contribution < 1.29 is 13.9 Å². The van der Waals surface area contributed by atoms with Gasteiger partial charge in [-0.15, -0.1) is 0 Å². The quantitative estimate of drug-likeness (QED) is 0.824. The molecule has 1 unspecified atom stereocenters. The van der Waals surface area contributed by atoms with Gasteiger partial charge in [-0.1, -0.05) is 6.07 Å². The Kier molecular flexibility index (Phi) is 4.40. The Morgan fingerprint density at radius 3 is 2.76 bits per heavy atom. The summed E-state index contributed by atoms with van der Waals surface area (Å²) in [5, 5.41) is 0. The van der Waals surface area contributed by atoms with Crippen LogP contribution in [0.2, 0.25) is 0 Å². The zero-order chi connectivity index (χ0) is 17.3. The number of anilines is 1. The summed E-state index contributed by atoms with van der Waals surface area (Å²) in [7, 11) is 0. The van der Waals surface area contributed by atoms with Crippen molar-refractivity contribution >= 4 is 11.7 Å². The third-order valence-corrected chi connectivity index (χ3v) is 5.89. The highest BCUT2D eigenvalue weighted by Crippen LogP contribution is 2.40. The summed E-state index contributed by atoms with van der Waals surface area (Å²) in [6, 6.07) is 5.91. The Labute approximate surface area is 148 Å². The molecule has 1 saturated carbocycles. The molecule has 0 radical (unpaired) electrons. The maximum absolute atomic E-state index is 14.6. The maximum atomic E-state index is 14.6. The maximum Gasteiger partial charge on any atom is 0.260 e. The number of halogens is 1. The van der Waals surface area contributed by atoms with Gasteiger partial charge in [0.2, 0.25) is 0 Å². The van der Waals surface area contributed by atoms with Gasteiger partial charge < -0.3 is 14.5 Å². The Balaban J connectivity index is 1.51. The van der Waals surface area contributed by atoms with Gasteiger partial charge >= 0.3 is 0 Å². The van der Waals surface area contributed by atoms with Crippen LogP contribution in [0.4, 0.5) is 10.2 Å². The summed E-state index contributed by atoms with van der Waals surface area (Å²) in [6.07, 6.45) is 5.28. The number of pyridine rings is 1. The van der Waals surface area contributed by atoms with Crippen LogP contribution in [0.15, 0.2) is 24.4 Å². The lowest BCUT2D eigenvalue weighted by Gasteiger charge is -2.46. The highest BCUT2D eigenvalue weighted by atomic mass is 19.1. The van der Waals surface area contributed by atoms with Crippen LogP contribution in [0.1, 0.15) is 32.1 Å². The average Bonchev–Trinajstić information content (AvgIpc) is 2.82. The van der Waals surface area contributed by atoms with E-state index < -0.39 is 5.67 Å². The number of amides is 1. The van der Waals surface area contributed by atoms with E-state index in [1.165, 1.54) is 0 Å². The van der Waals surface area contributed by atoms with Crippen LogP contribution < -0.4 is 4.90 Å². The number of ether oxygens (including phenoxy) is 1. The van der Waals surface area contributed by atoms with Crippen LogP contribution in [-0.2, 0) is 9.53 Å². The number of hydrogen-bond acceptors (Lipinski definition) is 4. The summed E-state index contributed by atoms with van der Waals surface area (Å²) in [4.78, 5) is 21.1. The van der Waals surface area contributed by atoms with Gasteiger partial charge in [-0.2, -0.15) is 0 Å². The fourth-order valence-corrected chi connectivity index (χ4v) is 4.34. The van der Waals surface area contributed by atoms with Crippen molar-refractivity contribution in [3.05, 3.63) is 24.4 Å². The molecule has 1 atom stereocenters. The Bertz CT molecular complexity index is 622. The first-order valence-corrected chi connectivity index (χ1v) is 9.32. The normalized spacial score (nSPS) is 29.2. The molecule has 25 heavy (non-hydrogen) atoms. The van der Waals surface area contributed by atoms with Gasteiger partial charge in [-0.05, 0) is 44.2 Å². The van der Waals surface area contributed by atoms with E-state index >= 15 is 0 Å². The fourth-order valence-electron chi connectivity index (χ4n) is 4.34. The summed E-state index contributed by atoms with van der Waals surface area (Å²) < 4.78 is 20.5. The number of carbonyl (C=O) groups is 1. The van der Waals surface area contributed by atoms with Crippen molar-refractivity contribution in [2.45, 2.75) is 37.8 Å². The van der Waals surface area contributed by atoms with E-state index in [4.69, 9.17) is 4.74 Å². The summed E-state index contributed by atoms with van der Waals surface area (Å²) in [5.41, 5.74) is -1.74. The smallest absolute Gasteiger partial charge is 0.260 e. The molecule has 2 aliphatic heterocycles. The van der Waals surface area contributed by atoms with Gasteiger partial charge in [-0.25, -0.2) is 9.37 Å². The molecule has 1 aromatic heterocycles. The number of rotatable bonds is 2. The first kappa shape index (κ1) is 16.8. The Morgan fingerprint density at radius 2 is 2.04 bits per heavy atom. The fraction of sp³-hybridized carbons (Fsp3) is 0.684.